The molecule has 0 atom stereocenters. The van der Waals surface area contributed by atoms with E-state index in [1.807, 2.05) is 25.1 Å². The van der Waals surface area contributed by atoms with Gasteiger partial charge in [-0.15, -0.1) is 0 Å². The number of hydrogen-bond acceptors (Lipinski definition) is 4. The Morgan fingerprint density at radius 2 is 2.10 bits per heavy atom. The van der Waals surface area contributed by atoms with Crippen molar-refractivity contribution in [2.24, 2.45) is 0 Å². The van der Waals surface area contributed by atoms with Crippen LogP contribution in [-0.2, 0) is 6.42 Å². The van der Waals surface area contributed by atoms with Gasteiger partial charge in [-0.2, -0.15) is 0 Å². The van der Waals surface area contributed by atoms with E-state index in [9.17, 15) is 9.59 Å². The van der Waals surface area contributed by atoms with Crippen LogP contribution in [-0.4, -0.2) is 16.1 Å². The number of pyridine rings is 1. The Morgan fingerprint density at radius 1 is 1.30 bits per heavy atom. The molecule has 5 heteroatoms. The molecule has 0 bridgehead atoms. The molecule has 3 aromatic rings. The Kier molecular flexibility index (Phi) is 2.75. The smallest absolute Gasteiger partial charge is 0.371 e. The molecule has 0 amide bonds. The van der Waals surface area contributed by atoms with E-state index in [-0.39, 0.29) is 16.7 Å². The van der Waals surface area contributed by atoms with Crippen LogP contribution < -0.4 is 5.43 Å². The molecule has 0 unspecified atom stereocenters. The fourth-order valence-electron chi connectivity index (χ4n) is 2.16. The van der Waals surface area contributed by atoms with Crippen molar-refractivity contribution >= 4 is 27.8 Å². The monoisotopic (exact) mass is 269 g/mol. The second kappa shape index (κ2) is 4.45. The number of nitrogens with zero attached hydrogens (tertiary/aromatic N) is 1. The van der Waals surface area contributed by atoms with Crippen LogP contribution >= 0.6 is 0 Å². The lowest BCUT2D eigenvalue weighted by Crippen LogP contribution is -2.07. The van der Waals surface area contributed by atoms with Crippen LogP contribution in [0.15, 0.2) is 39.7 Å². The third kappa shape index (κ3) is 1.84. The highest BCUT2D eigenvalue weighted by Crippen LogP contribution is 2.23. The van der Waals surface area contributed by atoms with E-state index in [4.69, 9.17) is 9.52 Å². The molecule has 2 heterocycles. The summed E-state index contributed by atoms with van der Waals surface area (Å²) < 4.78 is 5.38. The Bertz CT molecular complexity index is 895. The lowest BCUT2D eigenvalue weighted by molar-refractivity contribution is 0.0663. The maximum absolute atomic E-state index is 11.9. The molecule has 0 aliphatic carbocycles. The van der Waals surface area contributed by atoms with Gasteiger partial charge in [0.05, 0.1) is 10.9 Å². The molecule has 0 saturated heterocycles. The van der Waals surface area contributed by atoms with Crippen LogP contribution in [0.25, 0.3) is 21.9 Å². The fourth-order valence-corrected chi connectivity index (χ4v) is 2.16. The van der Waals surface area contributed by atoms with Crippen molar-refractivity contribution in [2.45, 2.75) is 13.3 Å². The molecule has 0 aliphatic rings. The zero-order chi connectivity index (χ0) is 14.3. The van der Waals surface area contributed by atoms with Crippen LogP contribution in [0.5, 0.6) is 0 Å². The molecule has 3 rings (SSSR count). The minimum absolute atomic E-state index is 0.273. The summed E-state index contributed by atoms with van der Waals surface area (Å²) in [5.41, 5.74) is 1.60. The SMILES string of the molecule is CCc1ccc2ncc3c(=O)cc(C(=O)O)oc3c2c1. The highest BCUT2D eigenvalue weighted by atomic mass is 16.4. The Balaban J connectivity index is 2.50. The average molecular weight is 269 g/mol. The summed E-state index contributed by atoms with van der Waals surface area (Å²) in [5.74, 6) is -1.63. The van der Waals surface area contributed by atoms with Gasteiger partial charge in [0.15, 0.2) is 5.43 Å². The van der Waals surface area contributed by atoms with Crippen molar-refractivity contribution in [3.05, 3.63) is 52.0 Å². The van der Waals surface area contributed by atoms with E-state index in [0.29, 0.717) is 10.9 Å². The van der Waals surface area contributed by atoms with Gasteiger partial charge in [0.1, 0.15) is 5.58 Å². The Hall–Kier alpha value is -2.69. The van der Waals surface area contributed by atoms with E-state index in [2.05, 4.69) is 4.98 Å². The van der Waals surface area contributed by atoms with Crippen molar-refractivity contribution in [2.75, 3.05) is 0 Å². The highest BCUT2D eigenvalue weighted by molar-refractivity contribution is 6.02. The van der Waals surface area contributed by atoms with Gasteiger partial charge < -0.3 is 9.52 Å². The quantitative estimate of drug-likeness (QED) is 0.723. The lowest BCUT2D eigenvalue weighted by atomic mass is 10.1. The Morgan fingerprint density at radius 3 is 2.80 bits per heavy atom. The number of hydrogen-bond donors (Lipinski definition) is 1. The van der Waals surface area contributed by atoms with Gasteiger partial charge in [-0.05, 0) is 24.1 Å². The molecule has 0 aliphatic heterocycles. The second-order valence-corrected chi connectivity index (χ2v) is 4.49. The summed E-state index contributed by atoms with van der Waals surface area (Å²) in [5, 5.41) is 9.94. The molecule has 0 radical (unpaired) electrons. The average Bonchev–Trinajstić information content (AvgIpc) is 2.46. The number of carboxylic acid groups (broad SMARTS) is 1. The molecule has 0 fully saturated rings. The zero-order valence-electron chi connectivity index (χ0n) is 10.7. The van der Waals surface area contributed by atoms with E-state index < -0.39 is 11.4 Å². The van der Waals surface area contributed by atoms with Crippen molar-refractivity contribution in [3.8, 4) is 0 Å². The number of carbonyl (C=O) groups is 1. The first kappa shape index (κ1) is 12.3. The molecular formula is C15H11NO4. The first-order chi connectivity index (χ1) is 9.60. The number of fused-ring (bicyclic) bond motifs is 3. The van der Waals surface area contributed by atoms with Gasteiger partial charge in [-0.25, -0.2) is 4.79 Å². The van der Waals surface area contributed by atoms with Crippen molar-refractivity contribution in [3.63, 3.8) is 0 Å². The third-order valence-electron chi connectivity index (χ3n) is 3.24. The first-order valence-corrected chi connectivity index (χ1v) is 6.19. The normalized spacial score (nSPS) is 11.1. The first-order valence-electron chi connectivity index (χ1n) is 6.19. The van der Waals surface area contributed by atoms with Gasteiger partial charge in [0, 0.05) is 17.6 Å². The molecular weight excluding hydrogens is 258 g/mol. The van der Waals surface area contributed by atoms with Crippen molar-refractivity contribution in [1.29, 1.82) is 0 Å². The zero-order valence-corrected chi connectivity index (χ0v) is 10.7. The topological polar surface area (TPSA) is 80.4 Å². The van der Waals surface area contributed by atoms with Gasteiger partial charge in [0.2, 0.25) is 5.76 Å². The van der Waals surface area contributed by atoms with E-state index in [0.717, 1.165) is 18.1 Å². The molecule has 2 aromatic heterocycles. The summed E-state index contributed by atoms with van der Waals surface area (Å²) in [6.45, 7) is 2.01. The third-order valence-corrected chi connectivity index (χ3v) is 3.24. The number of aromatic nitrogens is 1. The summed E-state index contributed by atoms with van der Waals surface area (Å²) in [4.78, 5) is 27.2. The summed E-state index contributed by atoms with van der Waals surface area (Å²) >= 11 is 0. The Labute approximate surface area is 113 Å². The van der Waals surface area contributed by atoms with Crippen molar-refractivity contribution in [1.82, 2.24) is 4.98 Å². The second-order valence-electron chi connectivity index (χ2n) is 4.49. The number of rotatable bonds is 2. The molecule has 5 nitrogen and oxygen atoms in total. The maximum atomic E-state index is 11.9. The van der Waals surface area contributed by atoms with Gasteiger partial charge >= 0.3 is 5.97 Å². The van der Waals surface area contributed by atoms with Gasteiger partial charge in [0.25, 0.3) is 0 Å². The minimum atomic E-state index is -1.26. The van der Waals surface area contributed by atoms with Crippen LogP contribution in [0.1, 0.15) is 23.0 Å². The molecule has 0 saturated carbocycles. The standard InChI is InChI=1S/C15H11NO4/c1-2-8-3-4-11-9(5-8)14-10(7-16-11)12(17)6-13(20-14)15(18)19/h3-7H,2H2,1H3,(H,18,19). The van der Waals surface area contributed by atoms with E-state index in [1.165, 1.54) is 6.20 Å². The van der Waals surface area contributed by atoms with Gasteiger partial charge in [-0.1, -0.05) is 13.0 Å². The van der Waals surface area contributed by atoms with E-state index in [1.54, 1.807) is 0 Å². The molecule has 20 heavy (non-hydrogen) atoms. The number of benzene rings is 1. The summed E-state index contributed by atoms with van der Waals surface area (Å²) in [6.07, 6.45) is 2.25. The van der Waals surface area contributed by atoms with Crippen LogP contribution in [0.4, 0.5) is 0 Å². The molecule has 0 spiro atoms. The van der Waals surface area contributed by atoms with Gasteiger partial charge in [-0.3, -0.25) is 9.78 Å². The summed E-state index contributed by atoms with van der Waals surface area (Å²) in [7, 11) is 0. The van der Waals surface area contributed by atoms with Crippen LogP contribution in [0.2, 0.25) is 0 Å². The number of carboxylic acids is 1. The molecule has 1 aromatic carbocycles. The molecule has 1 N–H and O–H groups in total. The maximum Gasteiger partial charge on any atom is 0.371 e. The van der Waals surface area contributed by atoms with Crippen LogP contribution in [0.3, 0.4) is 0 Å². The van der Waals surface area contributed by atoms with Crippen LogP contribution in [0, 0.1) is 0 Å². The largest absolute Gasteiger partial charge is 0.475 e. The van der Waals surface area contributed by atoms with E-state index >= 15 is 0 Å². The highest BCUT2D eigenvalue weighted by Gasteiger charge is 2.13. The predicted molar refractivity (Wildman–Crippen MR) is 74.1 cm³/mol. The lowest BCUT2D eigenvalue weighted by Gasteiger charge is -2.05. The number of aromatic carboxylic acids is 1. The van der Waals surface area contributed by atoms with Crippen molar-refractivity contribution < 1.29 is 14.3 Å². The predicted octanol–water partition coefficient (Wildman–Crippen LogP) is 2.60. The molecule has 100 valence electrons. The number of aryl methyl sites for hydroxylation is 1. The fraction of sp³-hybridized carbons (Fsp3) is 0.133. The minimum Gasteiger partial charge on any atom is -0.475 e. The summed E-state index contributed by atoms with van der Waals surface area (Å²) in [6, 6.07) is 6.63.